The first-order chi connectivity index (χ1) is 10.3. The monoisotopic (exact) mass is 294 g/mol. The predicted octanol–water partition coefficient (Wildman–Crippen LogP) is 0.235. The Balaban J connectivity index is 1.55. The average molecular weight is 294 g/mol. The van der Waals surface area contributed by atoms with E-state index in [1.807, 2.05) is 17.9 Å². The summed E-state index contributed by atoms with van der Waals surface area (Å²) < 4.78 is 12.8. The molecule has 2 aliphatic heterocycles. The van der Waals surface area contributed by atoms with Gasteiger partial charge in [0.05, 0.1) is 43.7 Å². The minimum atomic E-state index is -0.156. The zero-order valence-electron chi connectivity index (χ0n) is 12.2. The summed E-state index contributed by atoms with van der Waals surface area (Å²) in [6, 6.07) is 0.0759. The third-order valence-corrected chi connectivity index (χ3v) is 4.10. The summed E-state index contributed by atoms with van der Waals surface area (Å²) in [5, 5.41) is 10.3. The van der Waals surface area contributed by atoms with Crippen molar-refractivity contribution >= 4 is 11.6 Å². The van der Waals surface area contributed by atoms with E-state index >= 15 is 0 Å². The summed E-state index contributed by atoms with van der Waals surface area (Å²) in [5.41, 5.74) is 0.722. The van der Waals surface area contributed by atoms with Gasteiger partial charge in [-0.05, 0) is 19.9 Å². The fourth-order valence-electron chi connectivity index (χ4n) is 2.86. The Morgan fingerprint density at radius 3 is 3.19 bits per heavy atom. The van der Waals surface area contributed by atoms with E-state index in [4.69, 9.17) is 9.47 Å². The summed E-state index contributed by atoms with van der Waals surface area (Å²) in [4.78, 5) is 12.2. The molecule has 3 atom stereocenters. The van der Waals surface area contributed by atoms with E-state index in [0.29, 0.717) is 13.2 Å². The van der Waals surface area contributed by atoms with Crippen molar-refractivity contribution in [1.82, 2.24) is 15.1 Å². The first-order valence-electron chi connectivity index (χ1n) is 7.46. The number of hydrogen-bond donors (Lipinski definition) is 2. The minimum Gasteiger partial charge on any atom is -0.379 e. The summed E-state index contributed by atoms with van der Waals surface area (Å²) in [7, 11) is 1.85. The summed E-state index contributed by atoms with van der Waals surface area (Å²) in [6.07, 6.45) is 5.96. The number of hydrogen-bond acceptors (Lipinski definition) is 5. The van der Waals surface area contributed by atoms with Gasteiger partial charge in [0, 0.05) is 18.8 Å². The van der Waals surface area contributed by atoms with E-state index < -0.39 is 0 Å². The topological polar surface area (TPSA) is 77.4 Å². The van der Waals surface area contributed by atoms with Crippen LogP contribution in [0, 0.1) is 5.92 Å². The van der Waals surface area contributed by atoms with Crippen LogP contribution in [0.1, 0.15) is 12.8 Å². The van der Waals surface area contributed by atoms with Gasteiger partial charge in [-0.3, -0.25) is 9.48 Å². The molecule has 0 aromatic carbocycles. The quantitative estimate of drug-likeness (QED) is 0.813. The van der Waals surface area contributed by atoms with Crippen molar-refractivity contribution in [3.05, 3.63) is 12.4 Å². The first-order valence-corrected chi connectivity index (χ1v) is 7.46. The van der Waals surface area contributed by atoms with E-state index in [2.05, 4.69) is 15.7 Å². The number of rotatable bonds is 5. The lowest BCUT2D eigenvalue weighted by atomic mass is 10.0. The molecule has 3 unspecified atom stereocenters. The lowest BCUT2D eigenvalue weighted by Gasteiger charge is -2.15. The lowest BCUT2D eigenvalue weighted by Crippen LogP contribution is -2.39. The van der Waals surface area contributed by atoms with Gasteiger partial charge < -0.3 is 20.1 Å². The Hall–Kier alpha value is -1.44. The van der Waals surface area contributed by atoms with Crippen LogP contribution in [0.3, 0.4) is 0 Å². The van der Waals surface area contributed by atoms with Crippen molar-refractivity contribution in [2.75, 3.05) is 32.2 Å². The molecule has 116 valence electrons. The fraction of sp³-hybridized carbons (Fsp3) is 0.714. The third kappa shape index (κ3) is 3.42. The molecule has 0 bridgehead atoms. The highest BCUT2D eigenvalue weighted by Crippen LogP contribution is 2.18. The Labute approximate surface area is 124 Å². The molecule has 0 aliphatic carbocycles. The maximum atomic E-state index is 12.2. The van der Waals surface area contributed by atoms with E-state index in [0.717, 1.165) is 31.7 Å². The smallest absolute Gasteiger partial charge is 0.231 e. The second kappa shape index (κ2) is 6.55. The van der Waals surface area contributed by atoms with Crippen LogP contribution in [0.15, 0.2) is 12.4 Å². The standard InChI is InChI=1S/C14H22N4O3/c1-15-13-9-20-8-12(13)14(19)17-10-5-16-18(6-10)7-11-3-2-4-21-11/h5-6,11-13,15H,2-4,7-9H2,1H3,(H,17,19). The highest BCUT2D eigenvalue weighted by Gasteiger charge is 2.33. The number of likely N-dealkylation sites (N-methyl/N-ethyl adjacent to an activating group) is 1. The maximum Gasteiger partial charge on any atom is 0.231 e. The zero-order chi connectivity index (χ0) is 14.7. The van der Waals surface area contributed by atoms with Crippen LogP contribution < -0.4 is 10.6 Å². The summed E-state index contributed by atoms with van der Waals surface area (Å²) in [6.45, 7) is 2.61. The molecule has 2 aliphatic rings. The lowest BCUT2D eigenvalue weighted by molar-refractivity contribution is -0.120. The van der Waals surface area contributed by atoms with Crippen molar-refractivity contribution in [3.8, 4) is 0 Å². The molecule has 7 nitrogen and oxygen atoms in total. The van der Waals surface area contributed by atoms with Gasteiger partial charge in [0.25, 0.3) is 0 Å². The Morgan fingerprint density at radius 1 is 1.52 bits per heavy atom. The Kier molecular flexibility index (Phi) is 4.52. The molecule has 1 aromatic rings. The number of amides is 1. The Morgan fingerprint density at radius 2 is 2.43 bits per heavy atom. The van der Waals surface area contributed by atoms with Crippen molar-refractivity contribution in [3.63, 3.8) is 0 Å². The van der Waals surface area contributed by atoms with Gasteiger partial charge in [0.15, 0.2) is 0 Å². The Bertz CT molecular complexity index is 484. The van der Waals surface area contributed by atoms with Crippen LogP contribution in [0.5, 0.6) is 0 Å². The molecule has 0 spiro atoms. The van der Waals surface area contributed by atoms with E-state index in [9.17, 15) is 4.79 Å². The molecule has 2 fully saturated rings. The fourth-order valence-corrected chi connectivity index (χ4v) is 2.86. The molecule has 0 radical (unpaired) electrons. The van der Waals surface area contributed by atoms with Gasteiger partial charge in [-0.1, -0.05) is 0 Å². The summed E-state index contributed by atoms with van der Waals surface area (Å²) >= 11 is 0. The molecule has 2 N–H and O–H groups in total. The minimum absolute atomic E-state index is 0.0245. The van der Waals surface area contributed by atoms with Gasteiger partial charge in [-0.25, -0.2) is 0 Å². The number of nitrogens with zero attached hydrogens (tertiary/aromatic N) is 2. The third-order valence-electron chi connectivity index (χ3n) is 4.10. The summed E-state index contributed by atoms with van der Waals surface area (Å²) in [5.74, 6) is -0.181. The van der Waals surface area contributed by atoms with Crippen LogP contribution in [-0.2, 0) is 20.8 Å². The van der Waals surface area contributed by atoms with Gasteiger partial charge in [-0.2, -0.15) is 5.10 Å². The normalized spacial score (nSPS) is 28.9. The van der Waals surface area contributed by atoms with Crippen LogP contribution in [-0.4, -0.2) is 54.7 Å². The van der Waals surface area contributed by atoms with E-state index in [-0.39, 0.29) is 24.0 Å². The number of carbonyl (C=O) groups excluding carboxylic acids is 1. The number of aromatic nitrogens is 2. The van der Waals surface area contributed by atoms with Crippen LogP contribution >= 0.6 is 0 Å². The molecule has 1 amide bonds. The van der Waals surface area contributed by atoms with Gasteiger partial charge >= 0.3 is 0 Å². The van der Waals surface area contributed by atoms with Crippen molar-refractivity contribution in [2.24, 2.45) is 5.92 Å². The molecule has 3 heterocycles. The molecule has 21 heavy (non-hydrogen) atoms. The first kappa shape index (κ1) is 14.5. The second-order valence-corrected chi connectivity index (χ2v) is 5.61. The SMILES string of the molecule is CNC1COCC1C(=O)Nc1cnn(CC2CCCO2)c1. The second-order valence-electron chi connectivity index (χ2n) is 5.61. The molecule has 2 saturated heterocycles. The van der Waals surface area contributed by atoms with Crippen molar-refractivity contribution in [2.45, 2.75) is 31.5 Å². The number of nitrogens with one attached hydrogen (secondary N) is 2. The molecule has 7 heteroatoms. The van der Waals surface area contributed by atoms with Crippen LogP contribution in [0.25, 0.3) is 0 Å². The molecular formula is C14H22N4O3. The van der Waals surface area contributed by atoms with Gasteiger partial charge in [0.1, 0.15) is 0 Å². The largest absolute Gasteiger partial charge is 0.379 e. The van der Waals surface area contributed by atoms with Crippen LogP contribution in [0.4, 0.5) is 5.69 Å². The van der Waals surface area contributed by atoms with Gasteiger partial charge in [-0.15, -0.1) is 0 Å². The van der Waals surface area contributed by atoms with Gasteiger partial charge in [0.2, 0.25) is 5.91 Å². The average Bonchev–Trinajstić information content (AvgIpc) is 3.20. The highest BCUT2D eigenvalue weighted by atomic mass is 16.5. The van der Waals surface area contributed by atoms with E-state index in [1.165, 1.54) is 0 Å². The molecule has 3 rings (SSSR count). The molecule has 1 aromatic heterocycles. The number of ether oxygens (including phenoxy) is 2. The zero-order valence-corrected chi connectivity index (χ0v) is 12.2. The predicted molar refractivity (Wildman–Crippen MR) is 77.0 cm³/mol. The van der Waals surface area contributed by atoms with Crippen LogP contribution in [0.2, 0.25) is 0 Å². The van der Waals surface area contributed by atoms with Crippen molar-refractivity contribution in [1.29, 1.82) is 0 Å². The highest BCUT2D eigenvalue weighted by molar-refractivity contribution is 5.93. The molecule has 0 saturated carbocycles. The number of carbonyl (C=O) groups is 1. The van der Waals surface area contributed by atoms with Crippen molar-refractivity contribution < 1.29 is 14.3 Å². The number of anilines is 1. The van der Waals surface area contributed by atoms with E-state index in [1.54, 1.807) is 6.20 Å². The molecular weight excluding hydrogens is 272 g/mol. The maximum absolute atomic E-state index is 12.2.